The van der Waals surface area contributed by atoms with E-state index in [2.05, 4.69) is 6.07 Å². The molecule has 0 atom stereocenters. The van der Waals surface area contributed by atoms with E-state index in [9.17, 15) is 0 Å². The third-order valence-corrected chi connectivity index (χ3v) is 2.56. The summed E-state index contributed by atoms with van der Waals surface area (Å²) in [5, 5.41) is 11.3. The van der Waals surface area contributed by atoms with Crippen molar-refractivity contribution in [3.63, 3.8) is 0 Å². The molecule has 2 rings (SSSR count). The second-order valence-corrected chi connectivity index (χ2v) is 3.48. The van der Waals surface area contributed by atoms with Crippen LogP contribution in [0.4, 0.5) is 0 Å². The Kier molecular flexibility index (Phi) is 2.88. The first kappa shape index (κ1) is 9.99. The average molecular weight is 202 g/mol. The lowest BCUT2D eigenvalue weighted by Crippen LogP contribution is -1.92. The molecule has 2 nitrogen and oxygen atoms in total. The van der Waals surface area contributed by atoms with Gasteiger partial charge in [-0.1, -0.05) is 24.3 Å². The molecule has 2 heteroatoms. The molecule has 0 radical (unpaired) electrons. The van der Waals surface area contributed by atoms with Crippen LogP contribution in [0.15, 0.2) is 36.4 Å². The Hall–Kier alpha value is -1.54. The van der Waals surface area contributed by atoms with Gasteiger partial charge in [-0.2, -0.15) is 0 Å². The summed E-state index contributed by atoms with van der Waals surface area (Å²) < 4.78 is 5.19. The lowest BCUT2D eigenvalue weighted by atomic mass is 10.0. The Morgan fingerprint density at radius 1 is 1.20 bits per heavy atom. The summed E-state index contributed by atoms with van der Waals surface area (Å²) in [6, 6.07) is 12.1. The zero-order valence-electron chi connectivity index (χ0n) is 8.73. The zero-order valence-corrected chi connectivity index (χ0v) is 8.73. The Morgan fingerprint density at radius 2 is 2.07 bits per heavy atom. The van der Waals surface area contributed by atoms with Gasteiger partial charge in [0.1, 0.15) is 5.75 Å². The first-order valence-corrected chi connectivity index (χ1v) is 5.01. The summed E-state index contributed by atoms with van der Waals surface area (Å²) >= 11 is 0. The normalized spacial score (nSPS) is 10.5. The molecule has 15 heavy (non-hydrogen) atoms. The molecule has 0 saturated carbocycles. The molecule has 0 heterocycles. The van der Waals surface area contributed by atoms with Crippen molar-refractivity contribution >= 4 is 10.8 Å². The van der Waals surface area contributed by atoms with Crippen LogP contribution in [0.25, 0.3) is 10.8 Å². The fourth-order valence-electron chi connectivity index (χ4n) is 1.78. The number of rotatable bonds is 3. The standard InChI is InChI=1S/C13H14O2/c1-15-12-6-5-10-3-2-4-11(7-8-14)13(10)9-12/h2-6,9,14H,7-8H2,1H3. The first-order valence-electron chi connectivity index (χ1n) is 5.01. The molecule has 0 aliphatic rings. The van der Waals surface area contributed by atoms with E-state index in [4.69, 9.17) is 9.84 Å². The van der Waals surface area contributed by atoms with Crippen molar-refractivity contribution in [1.82, 2.24) is 0 Å². The molecule has 0 spiro atoms. The highest BCUT2D eigenvalue weighted by Crippen LogP contribution is 2.24. The molecule has 0 aliphatic carbocycles. The number of aliphatic hydroxyl groups is 1. The second-order valence-electron chi connectivity index (χ2n) is 3.48. The van der Waals surface area contributed by atoms with Gasteiger partial charge in [-0.3, -0.25) is 0 Å². The van der Waals surface area contributed by atoms with Crippen LogP contribution in [0, 0.1) is 0 Å². The summed E-state index contributed by atoms with van der Waals surface area (Å²) in [5.74, 6) is 0.855. The highest BCUT2D eigenvalue weighted by Gasteiger charge is 2.01. The average Bonchev–Trinajstić information content (AvgIpc) is 2.29. The number of hydrogen-bond donors (Lipinski definition) is 1. The molecule has 0 unspecified atom stereocenters. The van der Waals surface area contributed by atoms with Gasteiger partial charge in [-0.05, 0) is 34.9 Å². The van der Waals surface area contributed by atoms with Gasteiger partial charge < -0.3 is 9.84 Å². The number of fused-ring (bicyclic) bond motifs is 1. The molecular weight excluding hydrogens is 188 g/mol. The van der Waals surface area contributed by atoms with E-state index in [1.54, 1.807) is 7.11 Å². The minimum Gasteiger partial charge on any atom is -0.497 e. The fraction of sp³-hybridized carbons (Fsp3) is 0.231. The predicted octanol–water partition coefficient (Wildman–Crippen LogP) is 2.38. The number of ether oxygens (including phenoxy) is 1. The summed E-state index contributed by atoms with van der Waals surface area (Å²) in [6.07, 6.45) is 0.685. The number of methoxy groups -OCH3 is 1. The van der Waals surface area contributed by atoms with E-state index in [-0.39, 0.29) is 6.61 Å². The number of aliphatic hydroxyl groups excluding tert-OH is 1. The molecule has 1 N–H and O–H groups in total. The SMILES string of the molecule is COc1ccc2cccc(CCO)c2c1. The fourth-order valence-corrected chi connectivity index (χ4v) is 1.78. The molecule has 0 fully saturated rings. The third kappa shape index (κ3) is 1.95. The van der Waals surface area contributed by atoms with Crippen LogP contribution >= 0.6 is 0 Å². The van der Waals surface area contributed by atoms with Gasteiger partial charge in [-0.15, -0.1) is 0 Å². The summed E-state index contributed by atoms with van der Waals surface area (Å²) in [4.78, 5) is 0. The maximum atomic E-state index is 8.97. The van der Waals surface area contributed by atoms with Gasteiger partial charge in [0.05, 0.1) is 7.11 Å². The third-order valence-electron chi connectivity index (χ3n) is 2.56. The Balaban J connectivity index is 2.59. The molecule has 0 bridgehead atoms. The van der Waals surface area contributed by atoms with Crippen molar-refractivity contribution in [3.8, 4) is 5.75 Å². The van der Waals surface area contributed by atoms with Gasteiger partial charge in [0.15, 0.2) is 0 Å². The smallest absolute Gasteiger partial charge is 0.119 e. The summed E-state index contributed by atoms with van der Waals surface area (Å²) in [6.45, 7) is 0.177. The van der Waals surface area contributed by atoms with Crippen molar-refractivity contribution in [2.75, 3.05) is 13.7 Å². The Bertz CT molecular complexity index is 463. The van der Waals surface area contributed by atoms with Crippen molar-refractivity contribution in [3.05, 3.63) is 42.0 Å². The molecule has 2 aromatic carbocycles. The van der Waals surface area contributed by atoms with E-state index in [0.717, 1.165) is 16.7 Å². The molecule has 78 valence electrons. The van der Waals surface area contributed by atoms with Gasteiger partial charge in [0, 0.05) is 6.61 Å². The van der Waals surface area contributed by atoms with E-state index >= 15 is 0 Å². The Labute approximate surface area is 89.1 Å². The van der Waals surface area contributed by atoms with Gasteiger partial charge in [0.25, 0.3) is 0 Å². The predicted molar refractivity (Wildman–Crippen MR) is 61.3 cm³/mol. The van der Waals surface area contributed by atoms with Gasteiger partial charge in [-0.25, -0.2) is 0 Å². The largest absolute Gasteiger partial charge is 0.497 e. The van der Waals surface area contributed by atoms with Crippen molar-refractivity contribution in [1.29, 1.82) is 0 Å². The lowest BCUT2D eigenvalue weighted by molar-refractivity contribution is 0.300. The van der Waals surface area contributed by atoms with Crippen LogP contribution in [0.5, 0.6) is 5.75 Å². The van der Waals surface area contributed by atoms with Gasteiger partial charge in [0.2, 0.25) is 0 Å². The van der Waals surface area contributed by atoms with Crippen molar-refractivity contribution in [2.24, 2.45) is 0 Å². The van der Waals surface area contributed by atoms with Crippen LogP contribution in [-0.4, -0.2) is 18.8 Å². The first-order chi connectivity index (χ1) is 7.35. The molecule has 0 saturated heterocycles. The second kappa shape index (κ2) is 4.32. The maximum absolute atomic E-state index is 8.97. The van der Waals surface area contributed by atoms with Crippen molar-refractivity contribution in [2.45, 2.75) is 6.42 Å². The minimum atomic E-state index is 0.177. The van der Waals surface area contributed by atoms with Crippen LogP contribution < -0.4 is 4.74 Å². The quantitative estimate of drug-likeness (QED) is 0.828. The van der Waals surface area contributed by atoms with E-state index in [0.29, 0.717) is 6.42 Å². The van der Waals surface area contributed by atoms with E-state index in [1.807, 2.05) is 30.3 Å². The Morgan fingerprint density at radius 3 is 2.80 bits per heavy atom. The highest BCUT2D eigenvalue weighted by atomic mass is 16.5. The molecule has 0 amide bonds. The van der Waals surface area contributed by atoms with Crippen LogP contribution in [0.2, 0.25) is 0 Å². The molecule has 0 aromatic heterocycles. The summed E-state index contributed by atoms with van der Waals surface area (Å²) in [5.41, 5.74) is 1.16. The highest BCUT2D eigenvalue weighted by molar-refractivity contribution is 5.87. The molecule has 0 aliphatic heterocycles. The van der Waals surface area contributed by atoms with E-state index < -0.39 is 0 Å². The van der Waals surface area contributed by atoms with Gasteiger partial charge >= 0.3 is 0 Å². The number of benzene rings is 2. The lowest BCUT2D eigenvalue weighted by Gasteiger charge is -2.07. The minimum absolute atomic E-state index is 0.177. The summed E-state index contributed by atoms with van der Waals surface area (Å²) in [7, 11) is 1.66. The maximum Gasteiger partial charge on any atom is 0.119 e. The monoisotopic (exact) mass is 202 g/mol. The number of hydrogen-bond acceptors (Lipinski definition) is 2. The molecule has 2 aromatic rings. The van der Waals surface area contributed by atoms with E-state index in [1.165, 1.54) is 5.39 Å². The van der Waals surface area contributed by atoms with Crippen LogP contribution in [0.1, 0.15) is 5.56 Å². The van der Waals surface area contributed by atoms with Crippen molar-refractivity contribution < 1.29 is 9.84 Å². The van der Waals surface area contributed by atoms with Crippen LogP contribution in [-0.2, 0) is 6.42 Å². The zero-order chi connectivity index (χ0) is 10.7. The molecular formula is C13H14O2. The topological polar surface area (TPSA) is 29.5 Å². The van der Waals surface area contributed by atoms with Crippen LogP contribution in [0.3, 0.4) is 0 Å².